The van der Waals surface area contributed by atoms with E-state index < -0.39 is 27.4 Å². The highest BCUT2D eigenvalue weighted by Gasteiger charge is 2.53. The monoisotopic (exact) mass is 710 g/mol. The molecule has 4 aromatic rings. The first-order valence-corrected chi connectivity index (χ1v) is 17.2. The molecule has 1 amide bonds. The molecule has 8 nitrogen and oxygen atoms in total. The van der Waals surface area contributed by atoms with Crippen LogP contribution < -0.4 is 10.1 Å². The molecule has 0 spiro atoms. The smallest absolute Gasteiger partial charge is 0.252 e. The molecular formula is C34H32BrClN2O6S. The second-order valence-electron chi connectivity index (χ2n) is 10.5. The minimum atomic E-state index is -3.77. The average Bonchev–Trinajstić information content (AvgIpc) is 3.45. The summed E-state index contributed by atoms with van der Waals surface area (Å²) in [5.41, 5.74) is 0.417. The number of amides is 1. The summed E-state index contributed by atoms with van der Waals surface area (Å²) >= 11 is 9.64. The lowest BCUT2D eigenvalue weighted by Gasteiger charge is -2.30. The van der Waals surface area contributed by atoms with E-state index in [0.29, 0.717) is 34.9 Å². The lowest BCUT2D eigenvalue weighted by molar-refractivity contribution is -0.129. The van der Waals surface area contributed by atoms with Gasteiger partial charge in [0.05, 0.1) is 17.3 Å². The van der Waals surface area contributed by atoms with Gasteiger partial charge in [0.15, 0.2) is 21.5 Å². The first-order chi connectivity index (χ1) is 21.7. The number of carbonyl (C=O) groups is 1. The molecular weight excluding hydrogens is 680 g/mol. The Balaban J connectivity index is 1.54. The third-order valence-electron chi connectivity index (χ3n) is 7.40. The zero-order valence-corrected chi connectivity index (χ0v) is 27.4. The Labute approximate surface area is 276 Å². The first kappa shape index (κ1) is 32.7. The van der Waals surface area contributed by atoms with Gasteiger partial charge in [0, 0.05) is 41.1 Å². The van der Waals surface area contributed by atoms with E-state index in [-0.39, 0.29) is 36.1 Å². The van der Waals surface area contributed by atoms with E-state index in [4.69, 9.17) is 31.2 Å². The van der Waals surface area contributed by atoms with Crippen LogP contribution in [0.15, 0.2) is 117 Å². The second-order valence-corrected chi connectivity index (χ2v) is 14.0. The second kappa shape index (κ2) is 14.6. The number of aliphatic imine (C=N–C) groups is 1. The van der Waals surface area contributed by atoms with Crippen LogP contribution >= 0.6 is 27.5 Å². The molecule has 2 atom stereocenters. The molecule has 45 heavy (non-hydrogen) atoms. The Hall–Kier alpha value is -3.70. The van der Waals surface area contributed by atoms with Gasteiger partial charge in [-0.2, -0.15) is 0 Å². The van der Waals surface area contributed by atoms with Crippen molar-refractivity contribution in [2.75, 3.05) is 19.0 Å². The Kier molecular flexibility index (Phi) is 10.6. The van der Waals surface area contributed by atoms with Gasteiger partial charge in [0.25, 0.3) is 5.91 Å². The predicted octanol–water partition coefficient (Wildman–Crippen LogP) is 6.30. The fourth-order valence-corrected chi connectivity index (χ4v) is 6.89. The Bertz CT molecular complexity index is 1750. The lowest BCUT2D eigenvalue weighted by atomic mass is 9.85. The number of aliphatic hydroxyl groups is 1. The molecule has 0 radical (unpaired) electrons. The van der Waals surface area contributed by atoms with Gasteiger partial charge in [-0.1, -0.05) is 70.0 Å². The molecule has 0 saturated heterocycles. The summed E-state index contributed by atoms with van der Waals surface area (Å²) in [6.45, 7) is 0.552. The zero-order valence-electron chi connectivity index (χ0n) is 24.2. The summed E-state index contributed by atoms with van der Waals surface area (Å²) in [6.07, 6.45) is -0.560. The summed E-state index contributed by atoms with van der Waals surface area (Å²) in [4.78, 5) is 19.4. The number of benzene rings is 4. The number of nitrogens with one attached hydrogen (secondary N) is 1. The van der Waals surface area contributed by atoms with Gasteiger partial charge in [-0.15, -0.1) is 0 Å². The highest BCUT2D eigenvalue weighted by molar-refractivity contribution is 9.10. The van der Waals surface area contributed by atoms with Crippen molar-refractivity contribution in [1.29, 1.82) is 0 Å². The van der Waals surface area contributed by atoms with Crippen LogP contribution in [-0.2, 0) is 25.9 Å². The van der Waals surface area contributed by atoms with Crippen molar-refractivity contribution >= 4 is 49.2 Å². The molecule has 4 aromatic carbocycles. The number of halogens is 2. The van der Waals surface area contributed by atoms with E-state index in [2.05, 4.69) is 21.2 Å². The number of nitrogens with zero attached hydrogens (tertiary/aromatic N) is 1. The first-order valence-electron chi connectivity index (χ1n) is 14.4. The van der Waals surface area contributed by atoms with Crippen molar-refractivity contribution in [2.24, 2.45) is 4.99 Å². The normalized spacial score (nSPS) is 17.8. The molecule has 2 N–H and O–H groups in total. The Morgan fingerprint density at radius 2 is 1.73 bits per heavy atom. The lowest BCUT2D eigenvalue weighted by Crippen LogP contribution is -2.49. The standard InChI is InChI=1S/C34H32BrClN2O6S/c35-27-14-10-25(11-15-27)31-34(18-21-45(41,42)30-8-2-1-3-9-30,33(40)37-23-24-6-4-7-28(36)22-24)38-32(44-31)26-12-16-29(17-13-26)43-20-5-19-39/h1-4,6-17,22,31,39H,5,18-21,23H2,(H,37,40)/t31-,34-/m1/s1. The van der Waals surface area contributed by atoms with Crippen LogP contribution in [0.4, 0.5) is 0 Å². The molecule has 0 fully saturated rings. The molecule has 1 heterocycles. The van der Waals surface area contributed by atoms with Gasteiger partial charge >= 0.3 is 0 Å². The largest absolute Gasteiger partial charge is 0.494 e. The van der Waals surface area contributed by atoms with E-state index in [1.165, 1.54) is 12.1 Å². The summed E-state index contributed by atoms with van der Waals surface area (Å²) in [7, 11) is -3.77. The molecule has 0 unspecified atom stereocenters. The molecule has 1 aliphatic heterocycles. The molecule has 1 aliphatic rings. The molecule has 5 rings (SSSR count). The maximum atomic E-state index is 14.3. The summed E-state index contributed by atoms with van der Waals surface area (Å²) in [5, 5.41) is 12.6. The number of hydrogen-bond acceptors (Lipinski definition) is 7. The Morgan fingerprint density at radius 3 is 2.42 bits per heavy atom. The molecule has 234 valence electrons. The maximum absolute atomic E-state index is 14.3. The highest BCUT2D eigenvalue weighted by Crippen LogP contribution is 2.43. The van der Waals surface area contributed by atoms with Gasteiger partial charge in [-0.05, 0) is 71.8 Å². The van der Waals surface area contributed by atoms with Gasteiger partial charge < -0.3 is 19.9 Å². The van der Waals surface area contributed by atoms with Crippen LogP contribution in [0.2, 0.25) is 5.02 Å². The molecule has 0 aliphatic carbocycles. The SMILES string of the molecule is O=C(NCc1cccc(Cl)c1)[C@]1(CCS(=O)(=O)c2ccccc2)N=C(c2ccc(OCCCO)cc2)O[C@@H]1c1ccc(Br)cc1. The van der Waals surface area contributed by atoms with Crippen LogP contribution in [0.3, 0.4) is 0 Å². The van der Waals surface area contributed by atoms with Gasteiger partial charge in [-0.3, -0.25) is 4.79 Å². The number of hydrogen-bond donors (Lipinski definition) is 2. The average molecular weight is 712 g/mol. The van der Waals surface area contributed by atoms with Crippen LogP contribution in [-0.4, -0.2) is 49.8 Å². The quantitative estimate of drug-likeness (QED) is 0.158. The molecule has 0 saturated carbocycles. The van der Waals surface area contributed by atoms with Gasteiger partial charge in [0.2, 0.25) is 5.90 Å². The summed E-state index contributed by atoms with van der Waals surface area (Å²) in [5.74, 6) is -0.000877. The zero-order chi connectivity index (χ0) is 31.9. The van der Waals surface area contributed by atoms with E-state index in [0.717, 1.165) is 10.0 Å². The molecule has 11 heteroatoms. The van der Waals surface area contributed by atoms with E-state index in [1.807, 2.05) is 30.3 Å². The molecule has 0 aromatic heterocycles. The summed E-state index contributed by atoms with van der Waals surface area (Å²) < 4.78 is 39.9. The third kappa shape index (κ3) is 7.94. The summed E-state index contributed by atoms with van der Waals surface area (Å²) in [6, 6.07) is 29.7. The number of rotatable bonds is 13. The number of sulfone groups is 1. The van der Waals surface area contributed by atoms with Gasteiger partial charge in [0.1, 0.15) is 5.75 Å². The van der Waals surface area contributed by atoms with Crippen LogP contribution in [0.1, 0.15) is 35.6 Å². The van der Waals surface area contributed by atoms with E-state index in [1.54, 1.807) is 60.7 Å². The van der Waals surface area contributed by atoms with Gasteiger partial charge in [-0.25, -0.2) is 13.4 Å². The van der Waals surface area contributed by atoms with Crippen LogP contribution in [0.25, 0.3) is 0 Å². The van der Waals surface area contributed by atoms with Crippen LogP contribution in [0.5, 0.6) is 5.75 Å². The number of aliphatic hydroxyl groups excluding tert-OH is 1. The van der Waals surface area contributed by atoms with Crippen molar-refractivity contribution in [3.05, 3.63) is 129 Å². The number of ether oxygens (including phenoxy) is 2. The predicted molar refractivity (Wildman–Crippen MR) is 177 cm³/mol. The van der Waals surface area contributed by atoms with Crippen molar-refractivity contribution in [3.8, 4) is 5.75 Å². The highest BCUT2D eigenvalue weighted by atomic mass is 79.9. The van der Waals surface area contributed by atoms with Crippen molar-refractivity contribution in [1.82, 2.24) is 5.32 Å². The Morgan fingerprint density at radius 1 is 1.00 bits per heavy atom. The van der Waals surface area contributed by atoms with Crippen molar-refractivity contribution in [2.45, 2.75) is 35.9 Å². The van der Waals surface area contributed by atoms with Crippen LogP contribution in [0, 0.1) is 0 Å². The number of carbonyl (C=O) groups excluding carboxylic acids is 1. The minimum absolute atomic E-state index is 0.0294. The van der Waals surface area contributed by atoms with E-state index >= 15 is 0 Å². The fraction of sp³-hybridized carbons (Fsp3) is 0.235. The fourth-order valence-electron chi connectivity index (χ4n) is 5.03. The third-order valence-corrected chi connectivity index (χ3v) is 9.89. The topological polar surface area (TPSA) is 114 Å². The van der Waals surface area contributed by atoms with Crippen molar-refractivity contribution < 1.29 is 27.8 Å². The molecule has 0 bridgehead atoms. The minimum Gasteiger partial charge on any atom is -0.494 e. The van der Waals surface area contributed by atoms with E-state index in [9.17, 15) is 13.2 Å². The maximum Gasteiger partial charge on any atom is 0.252 e. The van der Waals surface area contributed by atoms with Crippen molar-refractivity contribution in [3.63, 3.8) is 0 Å².